The molecule has 0 spiro atoms. The maximum Gasteiger partial charge on any atom is 0.245 e. The van der Waals surface area contributed by atoms with Gasteiger partial charge in [-0.15, -0.1) is 10.2 Å². The zero-order chi connectivity index (χ0) is 19.5. The number of hydrogen-bond donors (Lipinski definition) is 1. The Bertz CT molecular complexity index is 973. The van der Waals surface area contributed by atoms with E-state index in [0.29, 0.717) is 30.2 Å². The highest BCUT2D eigenvalue weighted by Gasteiger charge is 2.32. The molecule has 2 heterocycles. The minimum absolute atomic E-state index is 0.0754. The molecular weight excluding hydrogens is 375 g/mol. The second-order valence-corrected chi connectivity index (χ2v) is 8.06. The van der Waals surface area contributed by atoms with Crippen LogP contribution in [0.5, 0.6) is 0 Å². The smallest absolute Gasteiger partial charge is 0.245 e. The van der Waals surface area contributed by atoms with E-state index in [1.165, 1.54) is 23.0 Å². The number of halogens is 1. The van der Waals surface area contributed by atoms with E-state index in [1.54, 1.807) is 18.2 Å². The molecule has 144 valence electrons. The second-order valence-electron chi connectivity index (χ2n) is 7.00. The van der Waals surface area contributed by atoms with Gasteiger partial charge in [-0.3, -0.25) is 4.79 Å². The lowest BCUT2D eigenvalue weighted by Crippen LogP contribution is -2.33. The third-order valence-corrected chi connectivity index (χ3v) is 5.71. The summed E-state index contributed by atoms with van der Waals surface area (Å²) in [5, 5.41) is 12.8. The zero-order valence-electron chi connectivity index (χ0n) is 15.6. The predicted molar refractivity (Wildman–Crippen MR) is 108 cm³/mol. The Labute approximate surface area is 167 Å². The number of carbonyl (C=O) groups is 1. The summed E-state index contributed by atoms with van der Waals surface area (Å²) in [4.78, 5) is 14.6. The number of anilines is 1. The lowest BCUT2D eigenvalue weighted by atomic mass is 10.1. The van der Waals surface area contributed by atoms with Crippen molar-refractivity contribution in [2.75, 3.05) is 11.9 Å². The van der Waals surface area contributed by atoms with Gasteiger partial charge in [-0.1, -0.05) is 59.4 Å². The lowest BCUT2D eigenvalue weighted by molar-refractivity contribution is -0.128. The normalized spacial score (nSPS) is 16.6. The summed E-state index contributed by atoms with van der Waals surface area (Å²) in [5.74, 6) is -0.170. The maximum absolute atomic E-state index is 13.8. The van der Waals surface area contributed by atoms with E-state index < -0.39 is 0 Å². The standard InChI is InChI=1S/C21H21FN4OS/c1-14-6-8-15(9-7-14)13-26-11-10-18(20(26)27)23-21-25-24-19(28-21)12-16-4-2-3-5-17(16)22/h2-9,18H,10-13H2,1H3,(H,23,25). The van der Waals surface area contributed by atoms with Crippen LogP contribution in [0.25, 0.3) is 0 Å². The molecule has 1 unspecified atom stereocenters. The molecule has 7 heteroatoms. The minimum atomic E-state index is -0.292. The van der Waals surface area contributed by atoms with E-state index in [4.69, 9.17) is 0 Å². The van der Waals surface area contributed by atoms with Crippen molar-refractivity contribution in [1.29, 1.82) is 0 Å². The van der Waals surface area contributed by atoms with Gasteiger partial charge in [0.15, 0.2) is 0 Å². The monoisotopic (exact) mass is 396 g/mol. The Balaban J connectivity index is 1.36. The van der Waals surface area contributed by atoms with E-state index in [-0.39, 0.29) is 17.8 Å². The molecule has 1 saturated heterocycles. The number of carbonyl (C=O) groups excluding carboxylic acids is 1. The molecule has 0 bridgehead atoms. The fourth-order valence-electron chi connectivity index (χ4n) is 3.28. The van der Waals surface area contributed by atoms with Crippen LogP contribution in [0, 0.1) is 12.7 Å². The van der Waals surface area contributed by atoms with Gasteiger partial charge in [0, 0.05) is 19.5 Å². The lowest BCUT2D eigenvalue weighted by Gasteiger charge is -2.17. The van der Waals surface area contributed by atoms with Gasteiger partial charge in [0.25, 0.3) is 0 Å². The van der Waals surface area contributed by atoms with Crippen molar-refractivity contribution in [3.63, 3.8) is 0 Å². The molecule has 0 aliphatic carbocycles. The van der Waals surface area contributed by atoms with Crippen molar-refractivity contribution >= 4 is 22.4 Å². The Kier molecular flexibility index (Phi) is 5.34. The van der Waals surface area contributed by atoms with Gasteiger partial charge in [0.05, 0.1) is 0 Å². The predicted octanol–water partition coefficient (Wildman–Crippen LogP) is 3.79. The quantitative estimate of drug-likeness (QED) is 0.689. The highest BCUT2D eigenvalue weighted by Crippen LogP contribution is 2.24. The largest absolute Gasteiger partial charge is 0.348 e. The summed E-state index contributed by atoms with van der Waals surface area (Å²) < 4.78 is 13.8. The second kappa shape index (κ2) is 8.06. The summed E-state index contributed by atoms with van der Waals surface area (Å²) in [6.07, 6.45) is 1.12. The molecule has 28 heavy (non-hydrogen) atoms. The van der Waals surface area contributed by atoms with Gasteiger partial charge in [0.1, 0.15) is 16.9 Å². The molecule has 1 amide bonds. The molecule has 1 aromatic heterocycles. The van der Waals surface area contributed by atoms with Crippen molar-refractivity contribution in [2.24, 2.45) is 0 Å². The Hall–Kier alpha value is -2.80. The molecule has 1 aliphatic heterocycles. The molecule has 0 saturated carbocycles. The molecule has 1 N–H and O–H groups in total. The van der Waals surface area contributed by atoms with E-state index in [9.17, 15) is 9.18 Å². The zero-order valence-corrected chi connectivity index (χ0v) is 16.4. The number of aryl methyl sites for hydroxylation is 1. The van der Waals surface area contributed by atoms with Gasteiger partial charge >= 0.3 is 0 Å². The number of nitrogens with one attached hydrogen (secondary N) is 1. The van der Waals surface area contributed by atoms with Crippen molar-refractivity contribution in [2.45, 2.75) is 32.4 Å². The van der Waals surface area contributed by atoms with Crippen LogP contribution in [-0.2, 0) is 17.8 Å². The number of nitrogens with zero attached hydrogens (tertiary/aromatic N) is 3. The molecular formula is C21H21FN4OS. The number of benzene rings is 2. The van der Waals surface area contributed by atoms with Gasteiger partial charge in [-0.05, 0) is 30.5 Å². The van der Waals surface area contributed by atoms with E-state index >= 15 is 0 Å². The van der Waals surface area contributed by atoms with Crippen LogP contribution < -0.4 is 5.32 Å². The van der Waals surface area contributed by atoms with Crippen LogP contribution in [0.15, 0.2) is 48.5 Å². The van der Waals surface area contributed by atoms with Crippen LogP contribution in [-0.4, -0.2) is 33.6 Å². The molecule has 0 radical (unpaired) electrons. The number of rotatable bonds is 6. The van der Waals surface area contributed by atoms with Gasteiger partial charge in [-0.2, -0.15) is 0 Å². The molecule has 3 aromatic rings. The molecule has 4 rings (SSSR count). The summed E-state index contributed by atoms with van der Waals surface area (Å²) in [7, 11) is 0. The summed E-state index contributed by atoms with van der Waals surface area (Å²) >= 11 is 1.36. The van der Waals surface area contributed by atoms with Crippen LogP contribution >= 0.6 is 11.3 Å². The number of aromatic nitrogens is 2. The highest BCUT2D eigenvalue weighted by atomic mass is 32.1. The fourth-order valence-corrected chi connectivity index (χ4v) is 4.10. The number of amides is 1. The van der Waals surface area contributed by atoms with Crippen LogP contribution in [0.2, 0.25) is 0 Å². The Morgan fingerprint density at radius 1 is 1.18 bits per heavy atom. The summed E-state index contributed by atoms with van der Waals surface area (Å²) in [5.41, 5.74) is 2.92. The fraction of sp³-hybridized carbons (Fsp3) is 0.286. The first kappa shape index (κ1) is 18.6. The van der Waals surface area contributed by atoms with Crippen molar-refractivity contribution < 1.29 is 9.18 Å². The van der Waals surface area contributed by atoms with E-state index in [2.05, 4.69) is 39.8 Å². The van der Waals surface area contributed by atoms with Crippen molar-refractivity contribution in [3.05, 3.63) is 76.0 Å². The van der Waals surface area contributed by atoms with Crippen molar-refractivity contribution in [3.8, 4) is 0 Å². The molecule has 2 aromatic carbocycles. The van der Waals surface area contributed by atoms with Gasteiger partial charge < -0.3 is 10.2 Å². The third kappa shape index (κ3) is 4.20. The Morgan fingerprint density at radius 2 is 1.96 bits per heavy atom. The average Bonchev–Trinajstić information content (AvgIpc) is 3.27. The topological polar surface area (TPSA) is 58.1 Å². The Morgan fingerprint density at radius 3 is 2.75 bits per heavy atom. The van der Waals surface area contributed by atoms with Crippen molar-refractivity contribution in [1.82, 2.24) is 15.1 Å². The molecule has 1 aliphatic rings. The number of hydrogen-bond acceptors (Lipinski definition) is 5. The van der Waals surface area contributed by atoms with Gasteiger partial charge in [-0.25, -0.2) is 4.39 Å². The van der Waals surface area contributed by atoms with Crippen LogP contribution in [0.4, 0.5) is 9.52 Å². The SMILES string of the molecule is Cc1ccc(CN2CCC(Nc3nnc(Cc4ccccc4F)s3)C2=O)cc1. The van der Waals surface area contributed by atoms with Crippen LogP contribution in [0.1, 0.15) is 28.1 Å². The maximum atomic E-state index is 13.8. The third-order valence-electron chi connectivity index (χ3n) is 4.86. The van der Waals surface area contributed by atoms with E-state index in [0.717, 1.165) is 17.0 Å². The van der Waals surface area contributed by atoms with Gasteiger partial charge in [0.2, 0.25) is 11.0 Å². The van der Waals surface area contributed by atoms with E-state index in [1.807, 2.05) is 11.8 Å². The van der Waals surface area contributed by atoms with Crippen LogP contribution in [0.3, 0.4) is 0 Å². The first-order valence-electron chi connectivity index (χ1n) is 9.25. The first-order valence-corrected chi connectivity index (χ1v) is 10.1. The molecule has 1 atom stereocenters. The highest BCUT2D eigenvalue weighted by molar-refractivity contribution is 7.15. The minimum Gasteiger partial charge on any atom is -0.348 e. The average molecular weight is 396 g/mol. The molecule has 1 fully saturated rings. The summed E-state index contributed by atoms with van der Waals surface area (Å²) in [6.45, 7) is 3.38. The first-order chi connectivity index (χ1) is 13.6. The molecule has 5 nitrogen and oxygen atoms in total. The number of likely N-dealkylation sites (tertiary alicyclic amines) is 1. The summed E-state index contributed by atoms with van der Waals surface area (Å²) in [6, 6.07) is 14.6.